The summed E-state index contributed by atoms with van der Waals surface area (Å²) in [6.45, 7) is 85.8. The molecule has 10 aliphatic carbocycles. The van der Waals surface area contributed by atoms with Crippen molar-refractivity contribution in [2.45, 2.75) is 402 Å². The van der Waals surface area contributed by atoms with Crippen LogP contribution in [-0.4, -0.2) is 108 Å². The number of hydrogen-bond acceptors (Lipinski definition) is 4. The number of hydrogen-bond donors (Lipinski definition) is 0. The zero-order valence-corrected chi connectivity index (χ0v) is 83.9. The minimum atomic E-state index is 0. The summed E-state index contributed by atoms with van der Waals surface area (Å²) in [7, 11) is 7.29. The van der Waals surface area contributed by atoms with E-state index in [-0.39, 0.29) is 54.8 Å². The molecule has 704 valence electrons. The van der Waals surface area contributed by atoms with Gasteiger partial charge in [-0.3, -0.25) is 0 Å². The molecule has 0 amide bonds. The Labute approximate surface area is 713 Å². The Morgan fingerprint density at radius 1 is 0.105 bits per heavy atom. The van der Waals surface area contributed by atoms with E-state index >= 15 is 0 Å². The lowest BCUT2D eigenvalue weighted by atomic mass is 9.69. The Balaban J connectivity index is -0.000000131. The van der Waals surface area contributed by atoms with Crippen LogP contribution in [0.1, 0.15) is 378 Å². The number of methoxy groups -OCH3 is 4. The maximum absolute atomic E-state index is 5.42. The third kappa shape index (κ3) is 43.2. The topological polar surface area (TPSA) is 352 Å². The van der Waals surface area contributed by atoms with Crippen molar-refractivity contribution in [1.29, 1.82) is 0 Å². The monoisotopic (exact) mass is 1650 g/mol. The SMILES string of the molecule is CC1CCC(C)C(C)C1C.CC1CCC(C)C(C)C1C.CC1CCC(C)C(C)C1C.CC1CCC(C)C(C)C1C.CC1CCC(C)C(C)C1C.CC1CCC(C)C(C)C1C.CC1CCC(C)C(C)C1C.COC1CCC(C)C(C)C1C.COC1CCC(C)C(C)C1C.COC1CCC(OC)C(C)C1C.O.O.O.O.O.O.O.O.O.O. The van der Waals surface area contributed by atoms with Crippen LogP contribution in [0.3, 0.4) is 0 Å². The zero-order chi connectivity index (χ0) is 80.1. The van der Waals surface area contributed by atoms with Gasteiger partial charge in [-0.1, -0.05) is 339 Å². The first-order valence-electron chi connectivity index (χ1n) is 46.5. The number of rotatable bonds is 4. The van der Waals surface area contributed by atoms with Gasteiger partial charge in [-0.15, -0.1) is 0 Å². The lowest BCUT2D eigenvalue weighted by Crippen LogP contribution is -2.39. The molecule has 10 rings (SSSR count). The van der Waals surface area contributed by atoms with Gasteiger partial charge in [-0.05, 0) is 252 Å². The molecule has 114 heavy (non-hydrogen) atoms. The molecule has 0 aromatic heterocycles. The van der Waals surface area contributed by atoms with Crippen LogP contribution in [0.5, 0.6) is 0 Å². The maximum Gasteiger partial charge on any atom is 0.0601 e. The quantitative estimate of drug-likeness (QED) is 0.265. The maximum atomic E-state index is 5.42. The van der Waals surface area contributed by atoms with Crippen molar-refractivity contribution in [3.05, 3.63) is 0 Å². The molecule has 40 unspecified atom stereocenters. The minimum Gasteiger partial charge on any atom is -0.412 e. The van der Waals surface area contributed by atoms with Gasteiger partial charge in [-0.25, -0.2) is 0 Å². The van der Waals surface area contributed by atoms with Gasteiger partial charge in [0.1, 0.15) is 0 Å². The molecule has 40 atom stereocenters. The largest absolute Gasteiger partial charge is 0.412 e. The van der Waals surface area contributed by atoms with Crippen LogP contribution in [0.15, 0.2) is 0 Å². The Bertz CT molecular complexity index is 1700. The Hall–Kier alpha value is -0.560. The van der Waals surface area contributed by atoms with Crippen LogP contribution in [-0.2, 0) is 18.9 Å². The standard InChI is InChI=1S/C10H20O2.2C10H20O.7C10H20.10H2O/c1-7-8(2)10(12-4)6-5-9(7)11-3;2*1-7-5-6-10(11-4)9(3)8(7)2;7*1-7-5-6-8(2)10(4)9(7)3;;;;;;;;;;/h7-10H,5-6H2,1-4H3;2*7-10H,5-6H2,1-4H3;7*7-10H,5-6H2,1-4H3;10*1H2. The van der Waals surface area contributed by atoms with Gasteiger partial charge < -0.3 is 73.7 Å². The normalized spacial score (nSPS) is 43.6. The average Bonchev–Trinajstić information content (AvgIpc) is 0.841. The van der Waals surface area contributed by atoms with Crippen molar-refractivity contribution in [2.24, 2.45) is 213 Å². The molecule has 0 aromatic carbocycles. The lowest BCUT2D eigenvalue weighted by molar-refractivity contribution is -0.0643. The second-order valence-electron chi connectivity index (χ2n) is 41.7. The van der Waals surface area contributed by atoms with Gasteiger partial charge in [-0.2, -0.15) is 0 Å². The fourth-order valence-corrected chi connectivity index (χ4v) is 21.1. The van der Waals surface area contributed by atoms with Crippen LogP contribution < -0.4 is 0 Å². The van der Waals surface area contributed by atoms with Crippen LogP contribution in [0.4, 0.5) is 0 Å². The third-order valence-electron chi connectivity index (χ3n) is 36.3. The summed E-state index contributed by atoms with van der Waals surface area (Å²) in [5, 5.41) is 0. The van der Waals surface area contributed by atoms with E-state index in [4.69, 9.17) is 18.9 Å². The van der Waals surface area contributed by atoms with Crippen LogP contribution >= 0.6 is 0 Å². The van der Waals surface area contributed by atoms with Crippen molar-refractivity contribution in [2.75, 3.05) is 28.4 Å². The van der Waals surface area contributed by atoms with Gasteiger partial charge >= 0.3 is 0 Å². The lowest BCUT2D eigenvalue weighted by Gasteiger charge is -2.38. The van der Waals surface area contributed by atoms with Crippen molar-refractivity contribution >= 4 is 0 Å². The Morgan fingerprint density at radius 3 is 0.254 bits per heavy atom. The highest BCUT2D eigenvalue weighted by atomic mass is 16.5. The van der Waals surface area contributed by atoms with E-state index in [1.807, 2.05) is 14.2 Å². The predicted molar refractivity (Wildman–Crippen MR) is 502 cm³/mol. The predicted octanol–water partition coefficient (Wildman–Crippen LogP) is 22.5. The molecule has 0 saturated heterocycles. The molecule has 14 nitrogen and oxygen atoms in total. The minimum absolute atomic E-state index is 0. The third-order valence-corrected chi connectivity index (χ3v) is 36.3. The van der Waals surface area contributed by atoms with E-state index in [0.29, 0.717) is 36.3 Å². The summed E-state index contributed by atoms with van der Waals surface area (Å²) in [4.78, 5) is 0. The first-order chi connectivity index (χ1) is 48.4. The molecule has 0 aliphatic heterocycles. The molecule has 10 saturated carbocycles. The fraction of sp³-hybridized carbons (Fsp3) is 1.00. The second-order valence-corrected chi connectivity index (χ2v) is 41.7. The summed E-state index contributed by atoms with van der Waals surface area (Å²) in [6.07, 6.45) is 29.7. The van der Waals surface area contributed by atoms with Crippen molar-refractivity contribution in [3.8, 4) is 0 Å². The van der Waals surface area contributed by atoms with Crippen LogP contribution in [0, 0.1) is 213 Å². The molecule has 14 heteroatoms. The summed E-state index contributed by atoms with van der Waals surface area (Å²) >= 11 is 0. The summed E-state index contributed by atoms with van der Waals surface area (Å²) in [5.41, 5.74) is 0. The second kappa shape index (κ2) is 67.9. The molecule has 0 radical (unpaired) electrons. The molecule has 0 aromatic rings. The van der Waals surface area contributed by atoms with Crippen molar-refractivity contribution < 1.29 is 73.7 Å². The van der Waals surface area contributed by atoms with Crippen LogP contribution in [0.25, 0.3) is 0 Å². The molecule has 0 bridgehead atoms. The van der Waals surface area contributed by atoms with E-state index in [2.05, 4.69) is 249 Å². The van der Waals surface area contributed by atoms with Gasteiger partial charge in [0.05, 0.1) is 24.4 Å². The van der Waals surface area contributed by atoms with Gasteiger partial charge in [0.2, 0.25) is 0 Å². The van der Waals surface area contributed by atoms with Crippen molar-refractivity contribution in [3.63, 3.8) is 0 Å². The molecular weight excluding hydrogens is 1430 g/mol. The summed E-state index contributed by atoms with van der Waals surface area (Å²) < 4.78 is 21.7. The highest BCUT2D eigenvalue weighted by molar-refractivity contribution is 4.88. The van der Waals surface area contributed by atoms with E-state index in [9.17, 15) is 0 Å². The first-order valence-corrected chi connectivity index (χ1v) is 46.5. The molecule has 0 spiro atoms. The molecule has 0 heterocycles. The van der Waals surface area contributed by atoms with E-state index in [1.165, 1.54) is 116 Å². The molecule has 20 N–H and O–H groups in total. The van der Waals surface area contributed by atoms with Gasteiger partial charge in [0.15, 0.2) is 0 Å². The summed E-state index contributed by atoms with van der Waals surface area (Å²) in [5.74, 6) is 32.9. The van der Waals surface area contributed by atoms with Gasteiger partial charge in [0, 0.05) is 28.4 Å². The van der Waals surface area contributed by atoms with Gasteiger partial charge in [0.25, 0.3) is 0 Å². The zero-order valence-electron chi connectivity index (χ0n) is 83.9. The molecule has 10 fully saturated rings. The summed E-state index contributed by atoms with van der Waals surface area (Å²) in [6, 6.07) is 0. The van der Waals surface area contributed by atoms with E-state index < -0.39 is 0 Å². The smallest absolute Gasteiger partial charge is 0.0601 e. The Morgan fingerprint density at radius 2 is 0.167 bits per heavy atom. The van der Waals surface area contributed by atoms with Crippen LogP contribution in [0.2, 0.25) is 0 Å². The highest BCUT2D eigenvalue weighted by Gasteiger charge is 2.38. The average molecular weight is 1650 g/mol. The molecular formula is C100H220O14. The first kappa shape index (κ1) is 134. The highest BCUT2D eigenvalue weighted by Crippen LogP contribution is 2.45. The molecule has 10 aliphatic rings. The fourth-order valence-electron chi connectivity index (χ4n) is 21.1. The van der Waals surface area contributed by atoms with E-state index in [1.54, 1.807) is 14.2 Å². The van der Waals surface area contributed by atoms with Crippen molar-refractivity contribution in [1.82, 2.24) is 0 Å². The van der Waals surface area contributed by atoms with E-state index in [0.717, 1.165) is 214 Å². The number of ether oxygens (including phenoxy) is 4. The Kier molecular flexibility index (Phi) is 79.8.